The maximum Gasteiger partial charge on any atom is 0.115 e. The molecule has 0 aliphatic rings. The predicted molar refractivity (Wildman–Crippen MR) is 89.0 cm³/mol. The van der Waals surface area contributed by atoms with Crippen molar-refractivity contribution in [3.63, 3.8) is 0 Å². The van der Waals surface area contributed by atoms with Crippen LogP contribution in [-0.4, -0.2) is 10.1 Å². The third-order valence-corrected chi connectivity index (χ3v) is 5.25. The summed E-state index contributed by atoms with van der Waals surface area (Å²) in [4.78, 5) is 4.52. The van der Waals surface area contributed by atoms with Gasteiger partial charge in [0, 0.05) is 0 Å². The van der Waals surface area contributed by atoms with Gasteiger partial charge in [0.05, 0.1) is 10.2 Å². The van der Waals surface area contributed by atoms with Gasteiger partial charge < -0.3 is 5.11 Å². The van der Waals surface area contributed by atoms with E-state index in [2.05, 4.69) is 11.9 Å². The number of hydrogen-bond donors (Lipinski definition) is 1. The fourth-order valence-electron chi connectivity index (χ4n) is 2.26. The van der Waals surface area contributed by atoms with Gasteiger partial charge in [-0.15, -0.1) is 22.9 Å². The molecule has 0 fully saturated rings. The Balaban J connectivity index is 1.87. The number of hydrogen-bond acceptors (Lipinski definition) is 3. The van der Waals surface area contributed by atoms with E-state index in [-0.39, 0.29) is 0 Å². The molecule has 0 aliphatic heterocycles. The Kier molecular flexibility index (Phi) is 4.24. The molecule has 4 heteroatoms. The second kappa shape index (κ2) is 6.14. The maximum absolute atomic E-state index is 10.5. The Bertz CT molecular complexity index is 705. The summed E-state index contributed by atoms with van der Waals surface area (Å²) in [6.45, 7) is 2.11. The first-order valence-electron chi connectivity index (χ1n) is 6.95. The first kappa shape index (κ1) is 14.5. The molecule has 0 bridgehead atoms. The third-order valence-electron chi connectivity index (χ3n) is 3.55. The van der Waals surface area contributed by atoms with E-state index in [4.69, 9.17) is 11.6 Å². The van der Waals surface area contributed by atoms with Gasteiger partial charge in [0.1, 0.15) is 16.5 Å². The fourth-order valence-corrected chi connectivity index (χ4v) is 3.57. The van der Waals surface area contributed by atoms with Crippen molar-refractivity contribution < 1.29 is 5.11 Å². The van der Waals surface area contributed by atoms with Gasteiger partial charge in [0.15, 0.2) is 0 Å². The molecule has 1 aromatic heterocycles. The van der Waals surface area contributed by atoms with Crippen molar-refractivity contribution in [2.75, 3.05) is 0 Å². The second-order valence-electron chi connectivity index (χ2n) is 4.96. The number of aryl methyl sites for hydroxylation is 1. The van der Waals surface area contributed by atoms with E-state index in [0.29, 0.717) is 0 Å². The molecule has 2 unspecified atom stereocenters. The van der Waals surface area contributed by atoms with Crippen molar-refractivity contribution in [3.05, 3.63) is 64.7 Å². The van der Waals surface area contributed by atoms with Crippen molar-refractivity contribution >= 4 is 33.2 Å². The Morgan fingerprint density at radius 2 is 1.86 bits per heavy atom. The van der Waals surface area contributed by atoms with E-state index in [1.165, 1.54) is 16.9 Å². The van der Waals surface area contributed by atoms with E-state index in [1.807, 2.05) is 48.5 Å². The van der Waals surface area contributed by atoms with Gasteiger partial charge >= 0.3 is 0 Å². The quantitative estimate of drug-likeness (QED) is 0.696. The number of thiazole rings is 1. The number of aromatic nitrogens is 1. The summed E-state index contributed by atoms with van der Waals surface area (Å²) in [6, 6.07) is 15.8. The number of alkyl halides is 1. The molecular weight excluding hydrogens is 302 g/mol. The number of aliphatic hydroxyl groups excluding tert-OH is 1. The molecule has 2 aromatic carbocycles. The molecule has 108 valence electrons. The molecule has 21 heavy (non-hydrogen) atoms. The van der Waals surface area contributed by atoms with Crippen LogP contribution in [-0.2, 0) is 6.42 Å². The van der Waals surface area contributed by atoms with E-state index < -0.39 is 11.5 Å². The topological polar surface area (TPSA) is 33.1 Å². The van der Waals surface area contributed by atoms with Crippen LogP contribution in [0.3, 0.4) is 0 Å². The van der Waals surface area contributed by atoms with Crippen molar-refractivity contribution in [1.82, 2.24) is 4.98 Å². The fraction of sp³-hybridized carbons (Fsp3) is 0.235. The van der Waals surface area contributed by atoms with Crippen LogP contribution < -0.4 is 0 Å². The smallest absolute Gasteiger partial charge is 0.115 e. The molecule has 3 rings (SSSR count). The lowest BCUT2D eigenvalue weighted by molar-refractivity contribution is 0.172. The summed E-state index contributed by atoms with van der Waals surface area (Å²) < 4.78 is 1.09. The summed E-state index contributed by atoms with van der Waals surface area (Å²) in [7, 11) is 0. The Morgan fingerprint density at radius 1 is 1.14 bits per heavy atom. The zero-order valence-corrected chi connectivity index (χ0v) is 13.2. The largest absolute Gasteiger partial charge is 0.386 e. The molecule has 0 spiro atoms. The molecule has 0 saturated carbocycles. The van der Waals surface area contributed by atoms with Crippen molar-refractivity contribution in [3.8, 4) is 0 Å². The number of benzene rings is 2. The molecule has 1 heterocycles. The van der Waals surface area contributed by atoms with Crippen LogP contribution in [0.2, 0.25) is 0 Å². The first-order chi connectivity index (χ1) is 10.2. The average molecular weight is 318 g/mol. The highest BCUT2D eigenvalue weighted by molar-refractivity contribution is 7.18. The molecule has 0 aliphatic carbocycles. The van der Waals surface area contributed by atoms with Gasteiger partial charge in [-0.25, -0.2) is 4.98 Å². The monoisotopic (exact) mass is 317 g/mol. The minimum Gasteiger partial charge on any atom is -0.386 e. The van der Waals surface area contributed by atoms with Gasteiger partial charge in [-0.3, -0.25) is 0 Å². The minimum atomic E-state index is -0.752. The molecule has 0 radical (unpaired) electrons. The number of halogens is 1. The maximum atomic E-state index is 10.5. The summed E-state index contributed by atoms with van der Waals surface area (Å²) in [6.07, 6.45) is 0.233. The number of aliphatic hydroxyl groups is 1. The Morgan fingerprint density at radius 3 is 2.52 bits per heavy atom. The molecular formula is C17H16ClNOS. The number of para-hydroxylation sites is 1. The normalized spacial score (nSPS) is 14.2. The highest BCUT2D eigenvalue weighted by atomic mass is 35.5. The van der Waals surface area contributed by atoms with Gasteiger partial charge in [-0.1, -0.05) is 43.3 Å². The lowest BCUT2D eigenvalue weighted by atomic mass is 10.0. The lowest BCUT2D eigenvalue weighted by Gasteiger charge is -2.15. The molecule has 1 N–H and O–H groups in total. The zero-order chi connectivity index (χ0) is 14.8. The van der Waals surface area contributed by atoms with E-state index in [9.17, 15) is 5.11 Å². The number of rotatable bonds is 4. The van der Waals surface area contributed by atoms with Gasteiger partial charge in [-0.05, 0) is 29.7 Å². The standard InChI is InChI=1S/C17H16ClNOS/c1-2-11-7-9-12(10-8-11)16(20)15(18)17-19-13-5-3-4-6-14(13)21-17/h3-10,15-16,20H,2H2,1H3. The van der Waals surface area contributed by atoms with Gasteiger partial charge in [0.2, 0.25) is 0 Å². The van der Waals surface area contributed by atoms with Crippen LogP contribution in [0.1, 0.15) is 34.5 Å². The molecule has 0 saturated heterocycles. The van der Waals surface area contributed by atoms with Crippen molar-refractivity contribution in [1.29, 1.82) is 0 Å². The van der Waals surface area contributed by atoms with Gasteiger partial charge in [0.25, 0.3) is 0 Å². The minimum absolute atomic E-state index is 0.533. The van der Waals surface area contributed by atoms with Crippen LogP contribution in [0.5, 0.6) is 0 Å². The summed E-state index contributed by atoms with van der Waals surface area (Å²) in [5.74, 6) is 0. The van der Waals surface area contributed by atoms with Crippen LogP contribution in [0, 0.1) is 0 Å². The summed E-state index contributed by atoms with van der Waals surface area (Å²) in [5, 5.41) is 10.7. The third kappa shape index (κ3) is 2.95. The van der Waals surface area contributed by atoms with E-state index in [1.54, 1.807) is 0 Å². The summed E-state index contributed by atoms with van der Waals surface area (Å²) in [5.41, 5.74) is 3.00. The predicted octanol–water partition coefficient (Wildman–Crippen LogP) is 4.87. The first-order valence-corrected chi connectivity index (χ1v) is 8.20. The lowest BCUT2D eigenvalue weighted by Crippen LogP contribution is -2.05. The van der Waals surface area contributed by atoms with Crippen molar-refractivity contribution in [2.24, 2.45) is 0 Å². The van der Waals surface area contributed by atoms with Gasteiger partial charge in [-0.2, -0.15) is 0 Å². The molecule has 0 amide bonds. The molecule has 2 atom stereocenters. The SMILES string of the molecule is CCc1ccc(C(O)C(Cl)c2nc3ccccc3s2)cc1. The van der Waals surface area contributed by atoms with Crippen LogP contribution in [0.25, 0.3) is 10.2 Å². The van der Waals surface area contributed by atoms with Crippen LogP contribution in [0.4, 0.5) is 0 Å². The summed E-state index contributed by atoms with van der Waals surface area (Å²) >= 11 is 7.97. The number of fused-ring (bicyclic) bond motifs is 1. The van der Waals surface area contributed by atoms with Crippen LogP contribution in [0.15, 0.2) is 48.5 Å². The molecule has 3 aromatic rings. The average Bonchev–Trinajstić information content (AvgIpc) is 2.97. The highest BCUT2D eigenvalue weighted by Gasteiger charge is 2.23. The van der Waals surface area contributed by atoms with Crippen LogP contribution >= 0.6 is 22.9 Å². The van der Waals surface area contributed by atoms with E-state index >= 15 is 0 Å². The second-order valence-corrected chi connectivity index (χ2v) is 6.49. The van der Waals surface area contributed by atoms with Crippen molar-refractivity contribution in [2.45, 2.75) is 24.8 Å². The Labute approximate surface area is 133 Å². The van der Waals surface area contributed by atoms with E-state index in [0.717, 1.165) is 27.2 Å². The molecule has 2 nitrogen and oxygen atoms in total. The zero-order valence-electron chi connectivity index (χ0n) is 11.7. The Hall–Kier alpha value is -1.42. The highest BCUT2D eigenvalue weighted by Crippen LogP contribution is 2.38. The number of nitrogens with zero attached hydrogens (tertiary/aromatic N) is 1.